The summed E-state index contributed by atoms with van der Waals surface area (Å²) in [5.74, 6) is 0. The molecule has 0 saturated carbocycles. The Morgan fingerprint density at radius 3 is 2.58 bits per heavy atom. The Morgan fingerprint density at radius 2 is 1.94 bits per heavy atom. The third-order valence-corrected chi connectivity index (χ3v) is 6.48. The smallest absolute Gasteiger partial charge is 0.375 e. The van der Waals surface area contributed by atoms with Gasteiger partial charge in [-0.15, -0.1) is 11.3 Å². The van der Waals surface area contributed by atoms with Crippen LogP contribution in [0.5, 0.6) is 0 Å². The molecule has 0 aliphatic carbocycles. The van der Waals surface area contributed by atoms with Crippen LogP contribution < -0.4 is 5.32 Å². The number of nitrogens with zero attached hydrogens (tertiary/aromatic N) is 1. The Kier molecular flexibility index (Phi) is 6.61. The third-order valence-electron chi connectivity index (χ3n) is 4.20. The molecule has 0 spiro atoms. The van der Waals surface area contributed by atoms with Crippen LogP contribution in [-0.2, 0) is 16.4 Å². The molecule has 0 radical (unpaired) electrons. The second-order valence-corrected chi connectivity index (χ2v) is 9.71. The average molecular weight is 466 g/mol. The van der Waals surface area contributed by atoms with Gasteiger partial charge in [0.1, 0.15) is 5.70 Å². The lowest BCUT2D eigenvalue weighted by atomic mass is 10.2. The number of allylic oxidation sites excluding steroid dienone is 2. The van der Waals surface area contributed by atoms with Crippen molar-refractivity contribution in [2.75, 3.05) is 6.26 Å². The fourth-order valence-electron chi connectivity index (χ4n) is 2.65. The Balaban J connectivity index is 1.83. The number of halogens is 3. The number of hydrogen-bond acceptors (Lipinski definition) is 6. The van der Waals surface area contributed by atoms with E-state index in [9.17, 15) is 21.6 Å². The predicted octanol–water partition coefficient (Wildman–Crippen LogP) is 4.82. The van der Waals surface area contributed by atoms with Crippen LogP contribution in [0.4, 0.5) is 13.2 Å². The van der Waals surface area contributed by atoms with Crippen molar-refractivity contribution in [3.63, 3.8) is 0 Å². The second-order valence-electron chi connectivity index (χ2n) is 6.61. The second kappa shape index (κ2) is 9.03. The molecular formula is C21H18F3N3O2S2. The van der Waals surface area contributed by atoms with Gasteiger partial charge < -0.3 is 5.32 Å². The number of aromatic nitrogens is 1. The van der Waals surface area contributed by atoms with Crippen molar-refractivity contribution in [2.45, 2.75) is 17.6 Å². The van der Waals surface area contributed by atoms with Crippen molar-refractivity contribution in [3.8, 4) is 10.4 Å². The number of hydrogen-bond donors (Lipinski definition) is 2. The number of pyridine rings is 1. The van der Waals surface area contributed by atoms with Gasteiger partial charge in [-0.1, -0.05) is 18.2 Å². The first-order valence-corrected chi connectivity index (χ1v) is 11.7. The minimum absolute atomic E-state index is 0.132. The van der Waals surface area contributed by atoms with Gasteiger partial charge in [-0.25, -0.2) is 8.42 Å². The van der Waals surface area contributed by atoms with Crippen molar-refractivity contribution < 1.29 is 21.6 Å². The van der Waals surface area contributed by atoms with Gasteiger partial charge in [0, 0.05) is 17.3 Å². The number of sulfone groups is 1. The first-order chi connectivity index (χ1) is 14.5. The van der Waals surface area contributed by atoms with E-state index >= 15 is 0 Å². The quantitative estimate of drug-likeness (QED) is 0.490. The van der Waals surface area contributed by atoms with Gasteiger partial charge in [0.05, 0.1) is 27.7 Å². The molecule has 0 bridgehead atoms. The van der Waals surface area contributed by atoms with E-state index in [1.165, 1.54) is 18.3 Å². The maximum atomic E-state index is 13.4. The number of nitrogens with one attached hydrogen (secondary N) is 2. The zero-order valence-corrected chi connectivity index (χ0v) is 17.9. The Hall–Kier alpha value is -2.98. The maximum absolute atomic E-state index is 13.4. The standard InChI is InChI=1S/C21H18F3N3O2S2/c1-31(28,29)16-7-4-5-14(11-16)18-8-9-19(30-18)17(25)12-20(21(22,23)24)27-13-15-6-2-3-10-26-15/h2-12,25,27H,13H2,1H3/b20-12-,25-17?. The molecule has 0 unspecified atom stereocenters. The summed E-state index contributed by atoms with van der Waals surface area (Å²) < 4.78 is 63.8. The average Bonchev–Trinajstić information content (AvgIpc) is 3.21. The van der Waals surface area contributed by atoms with Crippen LogP contribution in [0.25, 0.3) is 10.4 Å². The highest BCUT2D eigenvalue weighted by Gasteiger charge is 2.34. The van der Waals surface area contributed by atoms with E-state index in [4.69, 9.17) is 5.41 Å². The summed E-state index contributed by atoms with van der Waals surface area (Å²) in [6.45, 7) is -0.132. The van der Waals surface area contributed by atoms with Crippen LogP contribution in [0.3, 0.4) is 0 Å². The molecule has 0 saturated heterocycles. The van der Waals surface area contributed by atoms with Crippen LogP contribution in [0.15, 0.2) is 77.5 Å². The van der Waals surface area contributed by atoms with Crippen molar-refractivity contribution in [2.24, 2.45) is 0 Å². The van der Waals surface area contributed by atoms with Crippen LogP contribution in [0.1, 0.15) is 10.6 Å². The number of alkyl halides is 3. The summed E-state index contributed by atoms with van der Waals surface area (Å²) >= 11 is 1.11. The van der Waals surface area contributed by atoms with Crippen LogP contribution in [-0.4, -0.2) is 31.5 Å². The molecule has 3 rings (SSSR count). The zero-order chi connectivity index (χ0) is 22.6. The highest BCUT2D eigenvalue weighted by Crippen LogP contribution is 2.31. The van der Waals surface area contributed by atoms with E-state index in [1.54, 1.807) is 42.5 Å². The molecule has 0 fully saturated rings. The highest BCUT2D eigenvalue weighted by molar-refractivity contribution is 7.90. The normalized spacial score (nSPS) is 12.6. The van der Waals surface area contributed by atoms with Gasteiger partial charge in [0.2, 0.25) is 0 Å². The van der Waals surface area contributed by atoms with E-state index in [0.717, 1.165) is 23.7 Å². The van der Waals surface area contributed by atoms with Gasteiger partial charge in [-0.05, 0) is 48.0 Å². The molecule has 1 aromatic carbocycles. The van der Waals surface area contributed by atoms with Crippen molar-refractivity contribution >= 4 is 26.9 Å². The lowest BCUT2D eigenvalue weighted by Gasteiger charge is -2.14. The van der Waals surface area contributed by atoms with Gasteiger partial charge in [-0.3, -0.25) is 10.4 Å². The molecular weight excluding hydrogens is 447 g/mol. The lowest BCUT2D eigenvalue weighted by molar-refractivity contribution is -0.0968. The molecule has 10 heteroatoms. The highest BCUT2D eigenvalue weighted by atomic mass is 32.2. The summed E-state index contributed by atoms with van der Waals surface area (Å²) in [5.41, 5.74) is -0.304. The molecule has 0 amide bonds. The van der Waals surface area contributed by atoms with Gasteiger partial charge >= 0.3 is 6.18 Å². The van der Waals surface area contributed by atoms with E-state index in [2.05, 4.69) is 10.3 Å². The van der Waals surface area contributed by atoms with Gasteiger partial charge in [0.25, 0.3) is 0 Å². The molecule has 0 aliphatic heterocycles. The molecule has 2 heterocycles. The third kappa shape index (κ3) is 6.02. The Morgan fingerprint density at radius 1 is 1.16 bits per heavy atom. The van der Waals surface area contributed by atoms with Gasteiger partial charge in [-0.2, -0.15) is 13.2 Å². The summed E-state index contributed by atoms with van der Waals surface area (Å²) in [6.07, 6.45) is -1.33. The van der Waals surface area contributed by atoms with Crippen LogP contribution >= 0.6 is 11.3 Å². The molecule has 2 N–H and O–H groups in total. The molecule has 31 heavy (non-hydrogen) atoms. The summed E-state index contributed by atoms with van der Waals surface area (Å²) in [6, 6.07) is 14.4. The SMILES string of the molecule is CS(=O)(=O)c1cccc(-c2ccc(C(=N)/C=C(\NCc3ccccn3)C(F)(F)F)s2)c1. The minimum Gasteiger partial charge on any atom is -0.375 e. The zero-order valence-electron chi connectivity index (χ0n) is 16.3. The summed E-state index contributed by atoms with van der Waals surface area (Å²) in [5, 5.41) is 10.4. The van der Waals surface area contributed by atoms with E-state index in [0.29, 0.717) is 21.0 Å². The topological polar surface area (TPSA) is 82.9 Å². The van der Waals surface area contributed by atoms with Gasteiger partial charge in [0.15, 0.2) is 9.84 Å². The lowest BCUT2D eigenvalue weighted by Crippen LogP contribution is -2.27. The molecule has 162 valence electrons. The molecule has 3 aromatic rings. The summed E-state index contributed by atoms with van der Waals surface area (Å²) in [4.78, 5) is 5.09. The monoisotopic (exact) mass is 465 g/mol. The first-order valence-electron chi connectivity index (χ1n) is 8.96. The molecule has 0 aliphatic rings. The largest absolute Gasteiger partial charge is 0.430 e. The number of thiophene rings is 1. The Bertz CT molecular complexity index is 1220. The molecule has 5 nitrogen and oxygen atoms in total. The maximum Gasteiger partial charge on any atom is 0.430 e. The van der Waals surface area contributed by atoms with Crippen LogP contribution in [0, 0.1) is 5.41 Å². The van der Waals surface area contributed by atoms with Crippen molar-refractivity contribution in [1.82, 2.24) is 10.3 Å². The predicted molar refractivity (Wildman–Crippen MR) is 115 cm³/mol. The summed E-state index contributed by atoms with van der Waals surface area (Å²) in [7, 11) is -3.39. The van der Waals surface area contributed by atoms with Crippen molar-refractivity contribution in [3.05, 3.63) is 83.1 Å². The number of rotatable bonds is 7. The fraction of sp³-hybridized carbons (Fsp3) is 0.143. The fourth-order valence-corrected chi connectivity index (χ4v) is 4.24. The molecule has 0 atom stereocenters. The minimum atomic E-state index is -4.66. The number of benzene rings is 1. The Labute approximate surface area is 181 Å². The van der Waals surface area contributed by atoms with E-state index < -0.39 is 21.7 Å². The van der Waals surface area contributed by atoms with E-state index in [1.807, 2.05) is 0 Å². The molecule has 2 aromatic heterocycles. The van der Waals surface area contributed by atoms with Crippen molar-refractivity contribution in [1.29, 1.82) is 5.41 Å². The van der Waals surface area contributed by atoms with E-state index in [-0.39, 0.29) is 17.2 Å². The first kappa shape index (κ1) is 22.7. The van der Waals surface area contributed by atoms with Crippen LogP contribution in [0.2, 0.25) is 0 Å².